The van der Waals surface area contributed by atoms with E-state index in [9.17, 15) is 22.2 Å². The smallest absolute Gasteiger partial charge is 0.231 e. The number of carbonyl (C=O) groups is 1. The molecule has 4 rings (SSSR count). The van der Waals surface area contributed by atoms with E-state index in [2.05, 4.69) is 14.7 Å². The van der Waals surface area contributed by atoms with Gasteiger partial charge in [0.05, 0.1) is 28.5 Å². The van der Waals surface area contributed by atoms with Gasteiger partial charge in [-0.25, -0.2) is 31.5 Å². The highest BCUT2D eigenvalue weighted by Gasteiger charge is 2.25. The molecule has 180 valence electrons. The lowest BCUT2D eigenvalue weighted by Crippen LogP contribution is -2.18. The van der Waals surface area contributed by atoms with Crippen LogP contribution in [0.4, 0.5) is 17.6 Å². The molecule has 6 nitrogen and oxygen atoms in total. The lowest BCUT2D eigenvalue weighted by Gasteiger charge is -2.11. The molecule has 1 aromatic heterocycles. The van der Waals surface area contributed by atoms with Crippen molar-refractivity contribution in [2.45, 2.75) is 12.8 Å². The summed E-state index contributed by atoms with van der Waals surface area (Å²) in [5.74, 6) is -5.70. The Morgan fingerprint density at radius 2 is 1.71 bits per heavy atom. The van der Waals surface area contributed by atoms with Crippen molar-refractivity contribution < 1.29 is 31.1 Å². The van der Waals surface area contributed by atoms with E-state index in [1.54, 1.807) is 0 Å². The van der Waals surface area contributed by atoms with Gasteiger partial charge in [0.15, 0.2) is 17.4 Å². The molecular formula is C24H17F4N3O3S. The zero-order chi connectivity index (χ0) is 25.1. The van der Waals surface area contributed by atoms with Crippen molar-refractivity contribution in [1.82, 2.24) is 14.7 Å². The van der Waals surface area contributed by atoms with E-state index in [-0.39, 0.29) is 36.0 Å². The summed E-state index contributed by atoms with van der Waals surface area (Å²) in [4.78, 5) is 21.7. The van der Waals surface area contributed by atoms with Crippen molar-refractivity contribution in [3.8, 4) is 11.3 Å². The van der Waals surface area contributed by atoms with Crippen molar-refractivity contribution in [2.24, 2.45) is 0 Å². The number of nitrogens with one attached hydrogen (secondary N) is 1. The molecule has 0 saturated carbocycles. The molecule has 0 fully saturated rings. The van der Waals surface area contributed by atoms with Gasteiger partial charge in [-0.2, -0.15) is 0 Å². The maximum absolute atomic E-state index is 15.1. The van der Waals surface area contributed by atoms with Crippen LogP contribution in [0, 0.1) is 23.3 Å². The van der Waals surface area contributed by atoms with E-state index in [0.717, 1.165) is 0 Å². The number of benzene rings is 3. The van der Waals surface area contributed by atoms with Gasteiger partial charge in [-0.1, -0.05) is 0 Å². The van der Waals surface area contributed by atoms with E-state index >= 15 is 4.39 Å². The second-order valence-electron chi connectivity index (χ2n) is 7.56. The van der Waals surface area contributed by atoms with E-state index < -0.39 is 45.9 Å². The molecule has 1 heterocycles. The van der Waals surface area contributed by atoms with Gasteiger partial charge in [-0.05, 0) is 66.9 Å². The molecule has 1 atom stereocenters. The highest BCUT2D eigenvalue weighted by atomic mass is 32.2. The van der Waals surface area contributed by atoms with Crippen LogP contribution < -0.4 is 4.72 Å². The quantitative estimate of drug-likeness (QED) is 0.119. The van der Waals surface area contributed by atoms with Crippen LogP contribution in [0.1, 0.15) is 27.9 Å². The summed E-state index contributed by atoms with van der Waals surface area (Å²) >= 11 is -2.26. The summed E-state index contributed by atoms with van der Waals surface area (Å²) in [6, 6.07) is 10.2. The summed E-state index contributed by atoms with van der Waals surface area (Å²) in [6.07, 6.45) is 1.51. The van der Waals surface area contributed by atoms with Gasteiger partial charge in [0.1, 0.15) is 11.6 Å². The van der Waals surface area contributed by atoms with Gasteiger partial charge in [0.25, 0.3) is 0 Å². The third kappa shape index (κ3) is 5.42. The zero-order valence-corrected chi connectivity index (χ0v) is 18.7. The molecule has 0 bridgehead atoms. The Bertz CT molecular complexity index is 1450. The minimum absolute atomic E-state index is 0.0184. The Kier molecular flexibility index (Phi) is 7.29. The first-order valence-electron chi connectivity index (χ1n) is 10.3. The molecule has 0 aliphatic heterocycles. The van der Waals surface area contributed by atoms with Crippen molar-refractivity contribution in [1.29, 1.82) is 0 Å². The third-order valence-corrected chi connectivity index (χ3v) is 5.70. The number of hydrogen-bond acceptors (Lipinski definition) is 4. The first kappa shape index (κ1) is 24.6. The Hall–Kier alpha value is -3.54. The number of hydrogen-bond donors (Lipinski definition) is 2. The number of carbonyl (C=O) groups excluding carboxylic acids is 1. The Balaban J connectivity index is 1.68. The highest BCUT2D eigenvalue weighted by Crippen LogP contribution is 2.26. The van der Waals surface area contributed by atoms with Gasteiger partial charge in [0.2, 0.25) is 11.3 Å². The van der Waals surface area contributed by atoms with Crippen LogP contribution in [-0.4, -0.2) is 31.1 Å². The SMILES string of the molecule is O=C(c1ccc2ncc(-c3ccc(F)cc3)nc2c1)c1c(F)c(F)cc(CCCNS(=O)O)c1F. The fourth-order valence-electron chi connectivity index (χ4n) is 3.53. The van der Waals surface area contributed by atoms with Crippen LogP contribution in [0.15, 0.2) is 54.7 Å². The lowest BCUT2D eigenvalue weighted by atomic mass is 9.97. The minimum atomic E-state index is -2.26. The first-order valence-corrected chi connectivity index (χ1v) is 11.4. The first-order chi connectivity index (χ1) is 16.7. The summed E-state index contributed by atoms with van der Waals surface area (Å²) in [5.41, 5.74) is 0.210. The number of rotatable bonds is 8. The van der Waals surface area contributed by atoms with Crippen molar-refractivity contribution in [3.63, 3.8) is 0 Å². The van der Waals surface area contributed by atoms with Gasteiger partial charge < -0.3 is 0 Å². The molecule has 0 amide bonds. The minimum Gasteiger partial charge on any atom is -0.294 e. The molecule has 0 aliphatic carbocycles. The predicted molar refractivity (Wildman–Crippen MR) is 122 cm³/mol. The van der Waals surface area contributed by atoms with Crippen LogP contribution in [0.2, 0.25) is 0 Å². The van der Waals surface area contributed by atoms with Crippen LogP contribution in [0.3, 0.4) is 0 Å². The number of ketones is 1. The average Bonchev–Trinajstić information content (AvgIpc) is 2.84. The molecular weight excluding hydrogens is 486 g/mol. The zero-order valence-electron chi connectivity index (χ0n) is 17.9. The lowest BCUT2D eigenvalue weighted by molar-refractivity contribution is 0.102. The van der Waals surface area contributed by atoms with Gasteiger partial charge in [-0.3, -0.25) is 14.3 Å². The summed E-state index contributed by atoms with van der Waals surface area (Å²) in [6.45, 7) is 0.0184. The molecule has 3 aromatic carbocycles. The summed E-state index contributed by atoms with van der Waals surface area (Å²) in [7, 11) is 0. The molecule has 0 radical (unpaired) electrons. The fraction of sp³-hybridized carbons (Fsp3) is 0.125. The fourth-order valence-corrected chi connectivity index (χ4v) is 3.85. The monoisotopic (exact) mass is 503 g/mol. The Labute approximate surface area is 199 Å². The number of aromatic nitrogens is 2. The summed E-state index contributed by atoms with van der Waals surface area (Å²) < 4.78 is 78.5. The maximum Gasteiger partial charge on any atom is 0.231 e. The largest absolute Gasteiger partial charge is 0.294 e. The average molecular weight is 503 g/mol. The van der Waals surface area contributed by atoms with Crippen LogP contribution in [0.5, 0.6) is 0 Å². The normalized spacial score (nSPS) is 12.1. The van der Waals surface area contributed by atoms with E-state index in [0.29, 0.717) is 22.8 Å². The molecule has 0 aliphatic rings. The third-order valence-electron chi connectivity index (χ3n) is 5.25. The number of halogens is 4. The van der Waals surface area contributed by atoms with E-state index in [1.165, 1.54) is 48.7 Å². The molecule has 11 heteroatoms. The summed E-state index contributed by atoms with van der Waals surface area (Å²) in [5, 5.41) is 0. The van der Waals surface area contributed by atoms with E-state index in [4.69, 9.17) is 4.55 Å². The number of fused-ring (bicyclic) bond motifs is 1. The molecule has 0 saturated heterocycles. The highest BCUT2D eigenvalue weighted by molar-refractivity contribution is 7.77. The van der Waals surface area contributed by atoms with Crippen LogP contribution in [-0.2, 0) is 17.7 Å². The number of aryl methyl sites for hydroxylation is 1. The molecule has 0 spiro atoms. The molecule has 4 aromatic rings. The Morgan fingerprint density at radius 3 is 2.43 bits per heavy atom. The van der Waals surface area contributed by atoms with E-state index in [1.807, 2.05) is 0 Å². The number of nitrogens with zero attached hydrogens (tertiary/aromatic N) is 2. The van der Waals surface area contributed by atoms with Gasteiger partial charge >= 0.3 is 0 Å². The van der Waals surface area contributed by atoms with Crippen molar-refractivity contribution in [2.75, 3.05) is 6.54 Å². The van der Waals surface area contributed by atoms with Crippen molar-refractivity contribution in [3.05, 3.63) is 94.7 Å². The second kappa shape index (κ2) is 10.4. The molecule has 1 unspecified atom stereocenters. The standard InChI is InChI=1S/C24H17F4N3O3S/c25-16-6-3-13(4-7-16)20-12-29-18-8-5-15(11-19(18)31-20)24(32)21-22(27)14(10-17(26)23(21)28)2-1-9-30-35(33)34/h3-8,10-12,30H,1-2,9H2,(H,33,34). The second-order valence-corrected chi connectivity index (χ2v) is 8.35. The predicted octanol–water partition coefficient (Wildman–Crippen LogP) is 4.74. The topological polar surface area (TPSA) is 92.2 Å². The van der Waals surface area contributed by atoms with Crippen LogP contribution in [0.25, 0.3) is 22.3 Å². The van der Waals surface area contributed by atoms with Crippen LogP contribution >= 0.6 is 0 Å². The van der Waals surface area contributed by atoms with Gasteiger partial charge in [-0.15, -0.1) is 0 Å². The Morgan fingerprint density at radius 1 is 0.971 bits per heavy atom. The molecule has 2 N–H and O–H groups in total. The molecule has 35 heavy (non-hydrogen) atoms. The van der Waals surface area contributed by atoms with Gasteiger partial charge in [0, 0.05) is 17.7 Å². The van der Waals surface area contributed by atoms with Crippen molar-refractivity contribution >= 4 is 28.1 Å². The maximum atomic E-state index is 15.1.